The molecule has 88 valence electrons. The van der Waals surface area contributed by atoms with E-state index in [0.29, 0.717) is 10.4 Å². The van der Waals surface area contributed by atoms with E-state index in [2.05, 4.69) is 0 Å². The predicted octanol–water partition coefficient (Wildman–Crippen LogP) is 3.24. The van der Waals surface area contributed by atoms with Crippen LogP contribution in [0.15, 0.2) is 47.4 Å². The molecule has 0 unspecified atom stereocenters. The third-order valence-corrected chi connectivity index (χ3v) is 3.18. The number of hydrogen-bond acceptors (Lipinski definition) is 4. The van der Waals surface area contributed by atoms with Crippen LogP contribution in [0.1, 0.15) is 15.2 Å². The van der Waals surface area contributed by atoms with Crippen LogP contribution >= 0.6 is 11.3 Å². The summed E-state index contributed by atoms with van der Waals surface area (Å²) < 4.78 is 0. The average molecular weight is 255 g/mol. The highest BCUT2D eigenvalue weighted by atomic mass is 32.1. The zero-order chi connectivity index (χ0) is 13.0. The normalized spacial score (nSPS) is 10.9. The van der Waals surface area contributed by atoms with E-state index < -0.39 is 0 Å². The predicted molar refractivity (Wildman–Crippen MR) is 70.3 cm³/mol. The number of phenolic OH excluding ortho intramolecular Hbond substituents is 1. The molecule has 1 aromatic carbocycles. The number of rotatable bonds is 3. The molecule has 1 aromatic heterocycles. The van der Waals surface area contributed by atoms with Crippen LogP contribution in [0.5, 0.6) is 5.75 Å². The number of phenols is 1. The summed E-state index contributed by atoms with van der Waals surface area (Å²) in [6.07, 6.45) is 1.52. The van der Waals surface area contributed by atoms with Gasteiger partial charge in [0.2, 0.25) is 5.78 Å². The Morgan fingerprint density at radius 3 is 2.56 bits per heavy atom. The van der Waals surface area contributed by atoms with Crippen molar-refractivity contribution in [1.82, 2.24) is 0 Å². The van der Waals surface area contributed by atoms with Crippen molar-refractivity contribution in [3.63, 3.8) is 0 Å². The molecule has 4 heteroatoms. The number of thiophene rings is 1. The standard InChI is InChI=1S/C14H9NO2S/c15-9-11(14(17)13-2-1-7-18-13)8-10-3-5-12(16)6-4-10/h1-8,16H/b11-8+. The van der Waals surface area contributed by atoms with Crippen molar-refractivity contribution in [2.75, 3.05) is 0 Å². The van der Waals surface area contributed by atoms with Crippen LogP contribution in [-0.4, -0.2) is 10.9 Å². The highest BCUT2D eigenvalue weighted by molar-refractivity contribution is 7.12. The summed E-state index contributed by atoms with van der Waals surface area (Å²) in [5.41, 5.74) is 0.789. The van der Waals surface area contributed by atoms with Gasteiger partial charge in [-0.1, -0.05) is 18.2 Å². The minimum atomic E-state index is -0.277. The lowest BCUT2D eigenvalue weighted by Gasteiger charge is -1.97. The van der Waals surface area contributed by atoms with Crippen LogP contribution < -0.4 is 0 Å². The summed E-state index contributed by atoms with van der Waals surface area (Å²) >= 11 is 1.31. The van der Waals surface area contributed by atoms with Gasteiger partial charge in [-0.25, -0.2) is 0 Å². The van der Waals surface area contributed by atoms with Gasteiger partial charge in [0.05, 0.1) is 4.88 Å². The number of nitrogens with zero attached hydrogens (tertiary/aromatic N) is 1. The minimum absolute atomic E-state index is 0.0862. The Balaban J connectivity index is 2.32. The number of carbonyl (C=O) groups is 1. The second-order valence-electron chi connectivity index (χ2n) is 3.57. The van der Waals surface area contributed by atoms with E-state index >= 15 is 0 Å². The number of Topliss-reactive ketones (excluding diaryl/α,β-unsaturated/α-hetero) is 1. The van der Waals surface area contributed by atoms with Crippen molar-refractivity contribution in [3.05, 3.63) is 57.8 Å². The highest BCUT2D eigenvalue weighted by Gasteiger charge is 2.12. The Labute approximate surface area is 108 Å². The van der Waals surface area contributed by atoms with Gasteiger partial charge >= 0.3 is 0 Å². The molecular formula is C14H9NO2S. The number of carbonyl (C=O) groups excluding carboxylic acids is 1. The molecular weight excluding hydrogens is 246 g/mol. The second kappa shape index (κ2) is 5.30. The second-order valence-corrected chi connectivity index (χ2v) is 4.52. The number of benzene rings is 1. The summed E-state index contributed by atoms with van der Waals surface area (Å²) in [5, 5.41) is 20.0. The Kier molecular flexibility index (Phi) is 3.56. The molecule has 0 spiro atoms. The van der Waals surface area contributed by atoms with Crippen molar-refractivity contribution in [1.29, 1.82) is 5.26 Å². The SMILES string of the molecule is N#C/C(=C\c1ccc(O)cc1)C(=O)c1cccs1. The van der Waals surface area contributed by atoms with Gasteiger partial charge in [-0.2, -0.15) is 5.26 Å². The molecule has 1 N–H and O–H groups in total. The molecule has 0 atom stereocenters. The first kappa shape index (κ1) is 12.1. The molecule has 0 saturated carbocycles. The van der Waals surface area contributed by atoms with Crippen molar-refractivity contribution in [3.8, 4) is 11.8 Å². The zero-order valence-corrected chi connectivity index (χ0v) is 10.1. The Morgan fingerprint density at radius 2 is 2.00 bits per heavy atom. The first-order chi connectivity index (χ1) is 8.70. The van der Waals surface area contributed by atoms with Gasteiger partial charge in [-0.05, 0) is 35.2 Å². The molecule has 2 rings (SSSR count). The lowest BCUT2D eigenvalue weighted by molar-refractivity contribution is 0.104. The van der Waals surface area contributed by atoms with Crippen LogP contribution in [-0.2, 0) is 0 Å². The van der Waals surface area contributed by atoms with Crippen molar-refractivity contribution < 1.29 is 9.90 Å². The minimum Gasteiger partial charge on any atom is -0.508 e. The maximum absolute atomic E-state index is 12.0. The maximum atomic E-state index is 12.0. The van der Waals surface area contributed by atoms with E-state index in [4.69, 9.17) is 10.4 Å². The maximum Gasteiger partial charge on any atom is 0.213 e. The summed E-state index contributed by atoms with van der Waals surface area (Å²) in [6.45, 7) is 0. The van der Waals surface area contributed by atoms with Crippen LogP contribution in [0.25, 0.3) is 6.08 Å². The number of ketones is 1. The monoisotopic (exact) mass is 255 g/mol. The van der Waals surface area contributed by atoms with E-state index in [1.165, 1.54) is 29.5 Å². The number of nitriles is 1. The Morgan fingerprint density at radius 1 is 1.28 bits per heavy atom. The fraction of sp³-hybridized carbons (Fsp3) is 0. The van der Waals surface area contributed by atoms with Crippen molar-refractivity contribution in [2.45, 2.75) is 0 Å². The summed E-state index contributed by atoms with van der Waals surface area (Å²) in [7, 11) is 0. The number of aromatic hydroxyl groups is 1. The van der Waals surface area contributed by atoms with E-state index in [1.807, 2.05) is 6.07 Å². The van der Waals surface area contributed by atoms with Crippen LogP contribution in [0.4, 0.5) is 0 Å². The van der Waals surface area contributed by atoms with Crippen molar-refractivity contribution in [2.24, 2.45) is 0 Å². The van der Waals surface area contributed by atoms with Gasteiger partial charge < -0.3 is 5.11 Å². The molecule has 0 radical (unpaired) electrons. The van der Waals surface area contributed by atoms with E-state index in [9.17, 15) is 4.79 Å². The lowest BCUT2D eigenvalue weighted by Crippen LogP contribution is -1.98. The van der Waals surface area contributed by atoms with E-state index in [0.717, 1.165) is 0 Å². The quantitative estimate of drug-likeness (QED) is 0.520. The first-order valence-electron chi connectivity index (χ1n) is 5.20. The zero-order valence-electron chi connectivity index (χ0n) is 9.33. The molecule has 0 amide bonds. The molecule has 0 aliphatic heterocycles. The fourth-order valence-corrected chi connectivity index (χ4v) is 2.10. The third-order valence-electron chi connectivity index (χ3n) is 2.31. The van der Waals surface area contributed by atoms with Gasteiger partial charge in [0, 0.05) is 0 Å². The Bertz CT molecular complexity index is 619. The van der Waals surface area contributed by atoms with Crippen LogP contribution in [0.2, 0.25) is 0 Å². The van der Waals surface area contributed by atoms with Gasteiger partial charge in [0.25, 0.3) is 0 Å². The molecule has 0 aliphatic carbocycles. The smallest absolute Gasteiger partial charge is 0.213 e. The van der Waals surface area contributed by atoms with Gasteiger partial charge in [0.15, 0.2) is 0 Å². The Hall–Kier alpha value is -2.38. The van der Waals surface area contributed by atoms with Gasteiger partial charge in [-0.3, -0.25) is 4.79 Å². The number of allylic oxidation sites excluding steroid dienone is 1. The van der Waals surface area contributed by atoms with E-state index in [-0.39, 0.29) is 17.1 Å². The number of hydrogen-bond donors (Lipinski definition) is 1. The van der Waals surface area contributed by atoms with Crippen LogP contribution in [0, 0.1) is 11.3 Å². The average Bonchev–Trinajstić information content (AvgIpc) is 2.91. The molecule has 0 saturated heterocycles. The summed E-state index contributed by atoms with van der Waals surface area (Å²) in [4.78, 5) is 12.5. The molecule has 3 nitrogen and oxygen atoms in total. The first-order valence-corrected chi connectivity index (χ1v) is 6.07. The highest BCUT2D eigenvalue weighted by Crippen LogP contribution is 2.17. The van der Waals surface area contributed by atoms with Gasteiger partial charge in [-0.15, -0.1) is 11.3 Å². The third kappa shape index (κ3) is 2.65. The fourth-order valence-electron chi connectivity index (χ4n) is 1.43. The molecule has 0 fully saturated rings. The molecule has 18 heavy (non-hydrogen) atoms. The molecule has 0 bridgehead atoms. The van der Waals surface area contributed by atoms with Gasteiger partial charge in [0.1, 0.15) is 17.4 Å². The molecule has 1 heterocycles. The topological polar surface area (TPSA) is 61.1 Å². The summed E-state index contributed by atoms with van der Waals surface area (Å²) in [6, 6.07) is 11.7. The van der Waals surface area contributed by atoms with E-state index in [1.54, 1.807) is 29.6 Å². The van der Waals surface area contributed by atoms with Crippen LogP contribution in [0.3, 0.4) is 0 Å². The van der Waals surface area contributed by atoms with Crippen molar-refractivity contribution >= 4 is 23.2 Å². The largest absolute Gasteiger partial charge is 0.508 e. The molecule has 2 aromatic rings. The summed E-state index contributed by atoms with van der Waals surface area (Å²) in [5.74, 6) is -0.129. The lowest BCUT2D eigenvalue weighted by atomic mass is 10.1. The molecule has 0 aliphatic rings.